The van der Waals surface area contributed by atoms with Gasteiger partial charge in [-0.05, 0) is 25.3 Å². The summed E-state index contributed by atoms with van der Waals surface area (Å²) in [6.45, 7) is 9.85. The van der Waals surface area contributed by atoms with Crippen molar-refractivity contribution in [3.63, 3.8) is 0 Å². The molecule has 0 saturated carbocycles. The molecule has 0 aliphatic rings. The van der Waals surface area contributed by atoms with Crippen LogP contribution in [0.2, 0.25) is 0 Å². The van der Waals surface area contributed by atoms with Gasteiger partial charge in [0.25, 0.3) is 0 Å². The van der Waals surface area contributed by atoms with E-state index in [0.717, 1.165) is 5.56 Å². The molecular formula is C16H20O4. The van der Waals surface area contributed by atoms with E-state index in [4.69, 9.17) is 9.15 Å². The summed E-state index contributed by atoms with van der Waals surface area (Å²) in [6, 6.07) is 3.61. The van der Waals surface area contributed by atoms with Crippen molar-refractivity contribution in [2.45, 2.75) is 40.0 Å². The topological polar surface area (TPSA) is 59.7 Å². The van der Waals surface area contributed by atoms with Crippen molar-refractivity contribution in [3.05, 3.63) is 29.0 Å². The molecule has 1 N–H and O–H groups in total. The summed E-state index contributed by atoms with van der Waals surface area (Å²) in [7, 11) is 0. The molecule has 1 aromatic carbocycles. The lowest BCUT2D eigenvalue weighted by Gasteiger charge is -2.20. The Bertz CT molecular complexity index is 659. The summed E-state index contributed by atoms with van der Waals surface area (Å²) in [5, 5.41) is 11.1. The zero-order valence-corrected chi connectivity index (χ0v) is 12.5. The fourth-order valence-corrected chi connectivity index (χ4v) is 2.32. The number of benzene rings is 1. The van der Waals surface area contributed by atoms with E-state index in [0.29, 0.717) is 16.5 Å². The Morgan fingerprint density at radius 2 is 2.00 bits per heavy atom. The molecule has 2 rings (SSSR count). The Labute approximate surface area is 118 Å². The van der Waals surface area contributed by atoms with Crippen molar-refractivity contribution in [1.82, 2.24) is 0 Å². The van der Waals surface area contributed by atoms with Crippen LogP contribution in [0.15, 0.2) is 16.5 Å². The Hall–Kier alpha value is -1.97. The fourth-order valence-electron chi connectivity index (χ4n) is 2.32. The van der Waals surface area contributed by atoms with Crippen molar-refractivity contribution < 1.29 is 19.1 Å². The molecule has 0 spiro atoms. The van der Waals surface area contributed by atoms with Crippen LogP contribution in [0.3, 0.4) is 0 Å². The number of carbonyl (C=O) groups excluding carboxylic acids is 1. The molecule has 4 heteroatoms. The Morgan fingerprint density at radius 1 is 1.35 bits per heavy atom. The highest BCUT2D eigenvalue weighted by Crippen LogP contribution is 2.40. The van der Waals surface area contributed by atoms with Crippen LogP contribution in [-0.2, 0) is 10.2 Å². The average Bonchev–Trinajstić information content (AvgIpc) is 2.66. The maximum Gasteiger partial charge on any atom is 0.374 e. The lowest BCUT2D eigenvalue weighted by atomic mass is 9.85. The zero-order valence-electron chi connectivity index (χ0n) is 12.5. The number of phenols is 1. The smallest absolute Gasteiger partial charge is 0.374 e. The van der Waals surface area contributed by atoms with Crippen LogP contribution in [0.5, 0.6) is 5.75 Å². The van der Waals surface area contributed by atoms with Gasteiger partial charge in [0.15, 0.2) is 0 Å². The first-order chi connectivity index (χ1) is 9.27. The molecule has 0 unspecified atom stereocenters. The third kappa shape index (κ3) is 2.26. The highest BCUT2D eigenvalue weighted by molar-refractivity contribution is 5.98. The van der Waals surface area contributed by atoms with Gasteiger partial charge in [-0.15, -0.1) is 0 Å². The van der Waals surface area contributed by atoms with Crippen LogP contribution in [0.1, 0.15) is 49.4 Å². The first kappa shape index (κ1) is 14.4. The third-order valence-corrected chi connectivity index (χ3v) is 3.34. The van der Waals surface area contributed by atoms with E-state index in [-0.39, 0.29) is 23.5 Å². The molecule has 0 atom stereocenters. The standard InChI is InChI=1S/C16H20O4/c1-6-19-15(18)14-9(2)12-11(20-14)8-7-10(13(12)17)16(3,4)5/h7-8,17H,6H2,1-5H3. The largest absolute Gasteiger partial charge is 0.507 e. The van der Waals surface area contributed by atoms with E-state index in [9.17, 15) is 9.90 Å². The van der Waals surface area contributed by atoms with Gasteiger partial charge in [0, 0.05) is 11.1 Å². The van der Waals surface area contributed by atoms with Gasteiger partial charge < -0.3 is 14.3 Å². The first-order valence-electron chi connectivity index (χ1n) is 6.70. The zero-order chi connectivity index (χ0) is 15.1. The monoisotopic (exact) mass is 276 g/mol. The summed E-state index contributed by atoms with van der Waals surface area (Å²) < 4.78 is 10.5. The van der Waals surface area contributed by atoms with Crippen LogP contribution >= 0.6 is 0 Å². The second-order valence-corrected chi connectivity index (χ2v) is 5.86. The Kier molecular flexibility index (Phi) is 3.50. The van der Waals surface area contributed by atoms with E-state index < -0.39 is 5.97 Å². The van der Waals surface area contributed by atoms with Gasteiger partial charge in [-0.2, -0.15) is 0 Å². The molecule has 1 aromatic heterocycles. The maximum atomic E-state index is 11.8. The molecule has 0 amide bonds. The number of carbonyl (C=O) groups is 1. The molecule has 20 heavy (non-hydrogen) atoms. The van der Waals surface area contributed by atoms with Gasteiger partial charge in [-0.3, -0.25) is 0 Å². The highest BCUT2D eigenvalue weighted by Gasteiger charge is 2.25. The summed E-state index contributed by atoms with van der Waals surface area (Å²) in [5.74, 6) is -0.173. The third-order valence-electron chi connectivity index (χ3n) is 3.34. The lowest BCUT2D eigenvalue weighted by Crippen LogP contribution is -2.11. The van der Waals surface area contributed by atoms with Gasteiger partial charge >= 0.3 is 5.97 Å². The fraction of sp³-hybridized carbons (Fsp3) is 0.438. The number of ether oxygens (including phenoxy) is 1. The number of phenolic OH excluding ortho intramolecular Hbond substituents is 1. The number of hydrogen-bond donors (Lipinski definition) is 1. The number of aryl methyl sites for hydroxylation is 1. The van der Waals surface area contributed by atoms with E-state index >= 15 is 0 Å². The van der Waals surface area contributed by atoms with E-state index in [1.165, 1.54) is 0 Å². The molecule has 108 valence electrons. The lowest BCUT2D eigenvalue weighted by molar-refractivity contribution is 0.0491. The molecule has 0 aliphatic heterocycles. The van der Waals surface area contributed by atoms with Gasteiger partial charge in [-0.25, -0.2) is 4.79 Å². The molecule has 2 aromatic rings. The number of hydrogen-bond acceptors (Lipinski definition) is 4. The van der Waals surface area contributed by atoms with E-state index in [2.05, 4.69) is 0 Å². The molecule has 0 radical (unpaired) electrons. The summed E-state index contributed by atoms with van der Waals surface area (Å²) >= 11 is 0. The van der Waals surface area contributed by atoms with Crippen molar-refractivity contribution in [3.8, 4) is 5.75 Å². The second kappa shape index (κ2) is 4.85. The number of fused-ring (bicyclic) bond motifs is 1. The summed E-state index contributed by atoms with van der Waals surface area (Å²) in [5.41, 5.74) is 1.74. The van der Waals surface area contributed by atoms with Crippen LogP contribution in [-0.4, -0.2) is 17.7 Å². The van der Waals surface area contributed by atoms with Crippen molar-refractivity contribution in [2.24, 2.45) is 0 Å². The number of aromatic hydroxyl groups is 1. The SMILES string of the molecule is CCOC(=O)c1oc2ccc(C(C)(C)C)c(O)c2c1C. The molecule has 0 bridgehead atoms. The summed E-state index contributed by atoms with van der Waals surface area (Å²) in [6.07, 6.45) is 0. The molecule has 0 fully saturated rings. The predicted molar refractivity (Wildman–Crippen MR) is 77.3 cm³/mol. The Balaban J connectivity index is 2.67. The minimum atomic E-state index is -0.502. The number of esters is 1. The summed E-state index contributed by atoms with van der Waals surface area (Å²) in [4.78, 5) is 11.8. The second-order valence-electron chi connectivity index (χ2n) is 5.86. The van der Waals surface area contributed by atoms with E-state index in [1.807, 2.05) is 26.8 Å². The normalized spacial score (nSPS) is 11.8. The van der Waals surface area contributed by atoms with Crippen molar-refractivity contribution >= 4 is 16.9 Å². The molecule has 0 saturated heterocycles. The number of furan rings is 1. The Morgan fingerprint density at radius 3 is 2.55 bits per heavy atom. The average molecular weight is 276 g/mol. The van der Waals surface area contributed by atoms with Crippen LogP contribution < -0.4 is 0 Å². The van der Waals surface area contributed by atoms with Crippen LogP contribution in [0.25, 0.3) is 11.0 Å². The maximum absolute atomic E-state index is 11.8. The minimum absolute atomic E-state index is 0.156. The molecule has 4 nitrogen and oxygen atoms in total. The first-order valence-corrected chi connectivity index (χ1v) is 6.70. The van der Waals surface area contributed by atoms with Crippen LogP contribution in [0, 0.1) is 6.92 Å². The van der Waals surface area contributed by atoms with E-state index in [1.54, 1.807) is 19.9 Å². The molecule has 0 aliphatic carbocycles. The quantitative estimate of drug-likeness (QED) is 0.844. The van der Waals surface area contributed by atoms with Gasteiger partial charge in [0.2, 0.25) is 5.76 Å². The van der Waals surface area contributed by atoms with Gasteiger partial charge in [0.05, 0.1) is 12.0 Å². The van der Waals surface area contributed by atoms with Crippen LogP contribution in [0.4, 0.5) is 0 Å². The van der Waals surface area contributed by atoms with Gasteiger partial charge in [0.1, 0.15) is 11.3 Å². The molecular weight excluding hydrogens is 256 g/mol. The highest BCUT2D eigenvalue weighted by atomic mass is 16.5. The minimum Gasteiger partial charge on any atom is -0.507 e. The molecule has 1 heterocycles. The van der Waals surface area contributed by atoms with Gasteiger partial charge in [-0.1, -0.05) is 26.8 Å². The predicted octanol–water partition coefficient (Wildman–Crippen LogP) is 3.92. The number of rotatable bonds is 2. The van der Waals surface area contributed by atoms with Crippen molar-refractivity contribution in [2.75, 3.05) is 6.61 Å². The van der Waals surface area contributed by atoms with Crippen molar-refractivity contribution in [1.29, 1.82) is 0 Å².